The van der Waals surface area contributed by atoms with Crippen molar-refractivity contribution in [3.05, 3.63) is 66.7 Å². The first-order chi connectivity index (χ1) is 16.6. The number of hydrogen-bond donors (Lipinski definition) is 3. The number of benzene rings is 3. The lowest BCUT2D eigenvalue weighted by molar-refractivity contribution is -0.115. The standard InChI is InChI=1S/C25H25N3O4S2/c1-3-23(24(29)26-17-11-12-21-22(14-17)32-15-31-21)34-18-8-6-7-16(13-18)27-25(33)28-19-9-4-5-10-20(19)30-2/h4-14,23H,3,15H2,1-2H3,(H,26,29)(H2,27,28,33). The summed E-state index contributed by atoms with van der Waals surface area (Å²) >= 11 is 6.96. The molecule has 3 N–H and O–H groups in total. The van der Waals surface area contributed by atoms with Crippen LogP contribution in [0, 0.1) is 0 Å². The number of hydrogen-bond acceptors (Lipinski definition) is 6. The molecule has 0 spiro atoms. The Morgan fingerprint density at radius 3 is 2.62 bits per heavy atom. The summed E-state index contributed by atoms with van der Waals surface area (Å²) in [6, 6.07) is 20.7. The van der Waals surface area contributed by atoms with Crippen molar-refractivity contribution in [2.45, 2.75) is 23.5 Å². The van der Waals surface area contributed by atoms with Gasteiger partial charge in [0, 0.05) is 22.3 Å². The molecule has 34 heavy (non-hydrogen) atoms. The minimum Gasteiger partial charge on any atom is -0.495 e. The number of carbonyl (C=O) groups excluding carboxylic acids is 1. The molecule has 0 fully saturated rings. The summed E-state index contributed by atoms with van der Waals surface area (Å²) < 4.78 is 16.1. The highest BCUT2D eigenvalue weighted by molar-refractivity contribution is 8.00. The first-order valence-corrected chi connectivity index (χ1v) is 12.0. The second kappa shape index (κ2) is 11.1. The SMILES string of the molecule is CCC(Sc1cccc(NC(=S)Nc2ccccc2OC)c1)C(=O)Nc1ccc2c(c1)OCO2. The second-order valence-corrected chi connectivity index (χ2v) is 9.06. The molecule has 1 amide bonds. The van der Waals surface area contributed by atoms with Gasteiger partial charge in [-0.05, 0) is 61.1 Å². The monoisotopic (exact) mass is 495 g/mol. The van der Waals surface area contributed by atoms with Gasteiger partial charge in [-0.25, -0.2) is 0 Å². The fraction of sp³-hybridized carbons (Fsp3) is 0.200. The van der Waals surface area contributed by atoms with Crippen LogP contribution in [0.1, 0.15) is 13.3 Å². The van der Waals surface area contributed by atoms with E-state index >= 15 is 0 Å². The highest BCUT2D eigenvalue weighted by atomic mass is 32.2. The number of methoxy groups -OCH3 is 1. The van der Waals surface area contributed by atoms with Crippen LogP contribution >= 0.6 is 24.0 Å². The summed E-state index contributed by atoms with van der Waals surface area (Å²) in [6.45, 7) is 2.19. The number of rotatable bonds is 8. The number of para-hydroxylation sites is 2. The molecule has 0 saturated heterocycles. The van der Waals surface area contributed by atoms with Crippen LogP contribution in [-0.2, 0) is 4.79 Å². The largest absolute Gasteiger partial charge is 0.495 e. The van der Waals surface area contributed by atoms with Crippen LogP contribution in [0.5, 0.6) is 17.2 Å². The van der Waals surface area contributed by atoms with Crippen LogP contribution in [0.25, 0.3) is 0 Å². The number of nitrogens with one attached hydrogen (secondary N) is 3. The molecule has 1 atom stereocenters. The van der Waals surface area contributed by atoms with E-state index in [9.17, 15) is 4.79 Å². The molecule has 0 saturated carbocycles. The number of fused-ring (bicyclic) bond motifs is 1. The van der Waals surface area contributed by atoms with Crippen molar-refractivity contribution in [2.75, 3.05) is 29.9 Å². The Kier molecular flexibility index (Phi) is 7.76. The molecule has 0 aliphatic carbocycles. The van der Waals surface area contributed by atoms with E-state index in [0.29, 0.717) is 34.5 Å². The third kappa shape index (κ3) is 5.92. The molecular formula is C25H25N3O4S2. The van der Waals surface area contributed by atoms with Crippen LogP contribution in [0.2, 0.25) is 0 Å². The smallest absolute Gasteiger partial charge is 0.237 e. The number of thioether (sulfide) groups is 1. The van der Waals surface area contributed by atoms with E-state index in [1.54, 1.807) is 19.2 Å². The molecule has 3 aromatic rings. The van der Waals surface area contributed by atoms with Crippen molar-refractivity contribution in [1.29, 1.82) is 0 Å². The maximum Gasteiger partial charge on any atom is 0.237 e. The van der Waals surface area contributed by atoms with E-state index in [0.717, 1.165) is 16.3 Å². The average molecular weight is 496 g/mol. The minimum atomic E-state index is -0.265. The summed E-state index contributed by atoms with van der Waals surface area (Å²) in [5, 5.41) is 9.49. The normalized spacial score (nSPS) is 12.5. The molecule has 1 unspecified atom stereocenters. The van der Waals surface area contributed by atoms with Gasteiger partial charge in [0.15, 0.2) is 16.6 Å². The Balaban J connectivity index is 1.37. The van der Waals surface area contributed by atoms with Gasteiger partial charge in [0.25, 0.3) is 0 Å². The first-order valence-electron chi connectivity index (χ1n) is 10.7. The highest BCUT2D eigenvalue weighted by Crippen LogP contribution is 2.35. The van der Waals surface area contributed by atoms with Gasteiger partial charge in [-0.15, -0.1) is 11.8 Å². The van der Waals surface area contributed by atoms with Crippen molar-refractivity contribution in [3.8, 4) is 17.2 Å². The lowest BCUT2D eigenvalue weighted by Crippen LogP contribution is -2.24. The zero-order valence-electron chi connectivity index (χ0n) is 18.8. The first kappa shape index (κ1) is 23.7. The Hall–Kier alpha value is -3.43. The lowest BCUT2D eigenvalue weighted by Gasteiger charge is -2.16. The molecule has 4 rings (SSSR count). The van der Waals surface area contributed by atoms with Crippen molar-refractivity contribution in [2.24, 2.45) is 0 Å². The summed E-state index contributed by atoms with van der Waals surface area (Å²) in [5.74, 6) is 1.95. The molecule has 1 aliphatic rings. The summed E-state index contributed by atoms with van der Waals surface area (Å²) in [6.07, 6.45) is 0.673. The van der Waals surface area contributed by atoms with E-state index in [-0.39, 0.29) is 18.0 Å². The Bertz CT molecular complexity index is 1190. The van der Waals surface area contributed by atoms with Crippen LogP contribution in [0.3, 0.4) is 0 Å². The van der Waals surface area contributed by atoms with E-state index < -0.39 is 0 Å². The molecule has 9 heteroatoms. The predicted octanol–water partition coefficient (Wildman–Crippen LogP) is 5.74. The molecule has 7 nitrogen and oxygen atoms in total. The summed E-state index contributed by atoms with van der Waals surface area (Å²) in [4.78, 5) is 13.9. The van der Waals surface area contributed by atoms with Gasteiger partial charge >= 0.3 is 0 Å². The van der Waals surface area contributed by atoms with Gasteiger partial charge in [-0.2, -0.15) is 0 Å². The Morgan fingerprint density at radius 1 is 1.00 bits per heavy atom. The number of thiocarbonyl (C=S) groups is 1. The predicted molar refractivity (Wildman–Crippen MR) is 140 cm³/mol. The fourth-order valence-electron chi connectivity index (χ4n) is 3.36. The maximum atomic E-state index is 12.9. The molecule has 176 valence electrons. The van der Waals surface area contributed by atoms with Crippen molar-refractivity contribution in [3.63, 3.8) is 0 Å². The van der Waals surface area contributed by atoms with Gasteiger partial charge in [-0.1, -0.05) is 25.1 Å². The van der Waals surface area contributed by atoms with E-state index in [4.69, 9.17) is 26.4 Å². The van der Waals surface area contributed by atoms with Crippen LogP contribution in [0.15, 0.2) is 71.6 Å². The second-order valence-electron chi connectivity index (χ2n) is 7.38. The quantitative estimate of drug-likeness (QED) is 0.270. The van der Waals surface area contributed by atoms with Crippen LogP contribution in [-0.4, -0.2) is 30.2 Å². The molecule has 3 aromatic carbocycles. The van der Waals surface area contributed by atoms with Gasteiger partial charge < -0.3 is 30.2 Å². The molecule has 1 aliphatic heterocycles. The zero-order valence-corrected chi connectivity index (χ0v) is 20.4. The summed E-state index contributed by atoms with van der Waals surface area (Å²) in [7, 11) is 1.62. The minimum absolute atomic E-state index is 0.0712. The Labute approximate surface area is 208 Å². The van der Waals surface area contributed by atoms with Gasteiger partial charge in [0.2, 0.25) is 12.7 Å². The summed E-state index contributed by atoms with van der Waals surface area (Å²) in [5.41, 5.74) is 2.28. The number of carbonyl (C=O) groups is 1. The third-order valence-corrected chi connectivity index (χ3v) is 6.59. The highest BCUT2D eigenvalue weighted by Gasteiger charge is 2.20. The molecule has 0 radical (unpaired) electrons. The average Bonchev–Trinajstić information content (AvgIpc) is 3.31. The number of ether oxygens (including phenoxy) is 3. The van der Waals surface area contributed by atoms with Crippen LogP contribution in [0.4, 0.5) is 17.1 Å². The molecular weight excluding hydrogens is 470 g/mol. The molecule has 0 aromatic heterocycles. The molecule has 0 bridgehead atoms. The van der Waals surface area contributed by atoms with Crippen LogP contribution < -0.4 is 30.2 Å². The maximum absolute atomic E-state index is 12.9. The number of amides is 1. The lowest BCUT2D eigenvalue weighted by atomic mass is 10.2. The van der Waals surface area contributed by atoms with Gasteiger partial charge in [0.1, 0.15) is 5.75 Å². The fourth-order valence-corrected chi connectivity index (χ4v) is 4.60. The van der Waals surface area contributed by atoms with Crippen molar-refractivity contribution < 1.29 is 19.0 Å². The van der Waals surface area contributed by atoms with Gasteiger partial charge in [-0.3, -0.25) is 4.79 Å². The third-order valence-electron chi connectivity index (χ3n) is 5.03. The zero-order chi connectivity index (χ0) is 23.9. The van der Waals surface area contributed by atoms with E-state index in [1.165, 1.54) is 11.8 Å². The van der Waals surface area contributed by atoms with Crippen molar-refractivity contribution in [1.82, 2.24) is 0 Å². The van der Waals surface area contributed by atoms with E-state index in [2.05, 4.69) is 16.0 Å². The molecule has 1 heterocycles. The Morgan fingerprint density at radius 2 is 1.79 bits per heavy atom. The number of anilines is 3. The van der Waals surface area contributed by atoms with Crippen molar-refractivity contribution >= 4 is 52.1 Å². The topological polar surface area (TPSA) is 80.9 Å². The van der Waals surface area contributed by atoms with Gasteiger partial charge in [0.05, 0.1) is 18.0 Å². The van der Waals surface area contributed by atoms with E-state index in [1.807, 2.05) is 61.5 Å².